The molecule has 1 fully saturated rings. The van der Waals surface area contributed by atoms with Crippen LogP contribution >= 0.6 is 0 Å². The van der Waals surface area contributed by atoms with E-state index in [0.29, 0.717) is 17.5 Å². The molecule has 1 aliphatic heterocycles. The Morgan fingerprint density at radius 2 is 2.29 bits per heavy atom. The summed E-state index contributed by atoms with van der Waals surface area (Å²) >= 11 is 0. The average molecular weight is 286 g/mol. The predicted molar refractivity (Wildman–Crippen MR) is 74.9 cm³/mol. The third kappa shape index (κ3) is 2.34. The minimum Gasteiger partial charge on any atom is -0.448 e. The van der Waals surface area contributed by atoms with Gasteiger partial charge in [-0.05, 0) is 19.3 Å². The molecule has 2 aromatic rings. The Morgan fingerprint density at radius 3 is 3.10 bits per heavy atom. The summed E-state index contributed by atoms with van der Waals surface area (Å²) in [5.41, 5.74) is 0.394. The zero-order chi connectivity index (χ0) is 14.2. The zero-order valence-corrected chi connectivity index (χ0v) is 11.8. The second kappa shape index (κ2) is 5.02. The van der Waals surface area contributed by atoms with E-state index in [9.17, 15) is 4.79 Å². The largest absolute Gasteiger partial charge is 0.448 e. The van der Waals surface area contributed by atoms with Gasteiger partial charge in [-0.3, -0.25) is 4.79 Å². The van der Waals surface area contributed by atoms with Gasteiger partial charge in [-0.1, -0.05) is 6.42 Å². The van der Waals surface area contributed by atoms with Gasteiger partial charge in [0.15, 0.2) is 11.6 Å². The van der Waals surface area contributed by atoms with Gasteiger partial charge < -0.3 is 14.3 Å². The lowest BCUT2D eigenvalue weighted by Crippen LogP contribution is -2.40. The van der Waals surface area contributed by atoms with Crippen molar-refractivity contribution in [3.8, 4) is 0 Å². The topological polar surface area (TPSA) is 73.0 Å². The third-order valence-corrected chi connectivity index (χ3v) is 4.49. The van der Waals surface area contributed by atoms with Gasteiger partial charge in [-0.15, -0.1) is 0 Å². The molecule has 2 aliphatic rings. The fourth-order valence-electron chi connectivity index (χ4n) is 2.97. The molecule has 1 amide bonds. The number of imidazole rings is 1. The van der Waals surface area contributed by atoms with Crippen molar-refractivity contribution in [1.29, 1.82) is 0 Å². The van der Waals surface area contributed by atoms with Crippen molar-refractivity contribution in [3.05, 3.63) is 36.1 Å². The van der Waals surface area contributed by atoms with Gasteiger partial charge in [0.25, 0.3) is 5.91 Å². The molecule has 1 saturated carbocycles. The Kier molecular flexibility index (Phi) is 3.02. The van der Waals surface area contributed by atoms with Crippen LogP contribution in [0.3, 0.4) is 0 Å². The highest BCUT2D eigenvalue weighted by Gasteiger charge is 2.27. The molecular formula is C15H18N4O2. The van der Waals surface area contributed by atoms with Crippen LogP contribution in [0, 0.1) is 0 Å². The number of hydrogen-bond acceptors (Lipinski definition) is 4. The highest BCUT2D eigenvalue weighted by atomic mass is 16.3. The Labute approximate surface area is 122 Å². The first-order valence-electron chi connectivity index (χ1n) is 7.56. The first kappa shape index (κ1) is 12.6. The van der Waals surface area contributed by atoms with Crippen LogP contribution in [-0.2, 0) is 13.0 Å². The summed E-state index contributed by atoms with van der Waals surface area (Å²) in [5, 5.41) is 3.04. The molecule has 1 unspecified atom stereocenters. The van der Waals surface area contributed by atoms with Gasteiger partial charge in [0, 0.05) is 37.3 Å². The molecule has 1 atom stereocenters. The lowest BCUT2D eigenvalue weighted by Gasteiger charge is -2.23. The quantitative estimate of drug-likeness (QED) is 0.935. The van der Waals surface area contributed by atoms with Gasteiger partial charge in [-0.25, -0.2) is 9.97 Å². The average Bonchev–Trinajstić information content (AvgIpc) is 3.04. The number of carbonyl (C=O) groups is 1. The molecule has 3 heterocycles. The Morgan fingerprint density at radius 1 is 1.38 bits per heavy atom. The Hall–Kier alpha value is -2.11. The molecule has 110 valence electrons. The van der Waals surface area contributed by atoms with Crippen LogP contribution in [0.5, 0.6) is 0 Å². The van der Waals surface area contributed by atoms with Gasteiger partial charge in [0.05, 0.1) is 0 Å². The number of nitrogens with zero attached hydrogens (tertiary/aromatic N) is 3. The zero-order valence-electron chi connectivity index (χ0n) is 11.8. The lowest BCUT2D eigenvalue weighted by atomic mass is 9.85. The van der Waals surface area contributed by atoms with E-state index in [1.54, 1.807) is 0 Å². The molecule has 1 N–H and O–H groups in total. The second-order valence-electron chi connectivity index (χ2n) is 5.90. The van der Waals surface area contributed by atoms with Crippen molar-refractivity contribution in [1.82, 2.24) is 19.9 Å². The summed E-state index contributed by atoms with van der Waals surface area (Å²) in [6.45, 7) is 0.895. The molecule has 21 heavy (non-hydrogen) atoms. The van der Waals surface area contributed by atoms with E-state index < -0.39 is 0 Å². The SMILES string of the molecule is O=C(NC1CCn2ccnc2C1)c1coc(C2CCC2)n1. The fraction of sp³-hybridized carbons (Fsp3) is 0.533. The fourth-order valence-corrected chi connectivity index (χ4v) is 2.97. The van der Waals surface area contributed by atoms with Crippen molar-refractivity contribution in [2.45, 2.75) is 50.6 Å². The molecule has 0 aromatic carbocycles. The summed E-state index contributed by atoms with van der Waals surface area (Å²) in [4.78, 5) is 20.9. The van der Waals surface area contributed by atoms with Crippen LogP contribution in [0.4, 0.5) is 0 Å². The monoisotopic (exact) mass is 286 g/mol. The van der Waals surface area contributed by atoms with Crippen molar-refractivity contribution in [2.75, 3.05) is 0 Å². The van der Waals surface area contributed by atoms with Crippen molar-refractivity contribution in [3.63, 3.8) is 0 Å². The molecule has 2 aromatic heterocycles. The van der Waals surface area contributed by atoms with Crippen LogP contribution in [0.2, 0.25) is 0 Å². The number of rotatable bonds is 3. The molecule has 0 bridgehead atoms. The van der Waals surface area contributed by atoms with Gasteiger partial charge in [-0.2, -0.15) is 0 Å². The molecule has 6 heteroatoms. The number of nitrogens with one attached hydrogen (secondary N) is 1. The number of carbonyl (C=O) groups excluding carboxylic acids is 1. The highest BCUT2D eigenvalue weighted by Crippen LogP contribution is 2.35. The van der Waals surface area contributed by atoms with Gasteiger partial charge in [0.2, 0.25) is 0 Å². The van der Waals surface area contributed by atoms with Crippen molar-refractivity contribution in [2.24, 2.45) is 0 Å². The van der Waals surface area contributed by atoms with Crippen molar-refractivity contribution < 1.29 is 9.21 Å². The normalized spacial score (nSPS) is 21.6. The molecule has 4 rings (SSSR count). The van der Waals surface area contributed by atoms with Gasteiger partial charge >= 0.3 is 0 Å². The van der Waals surface area contributed by atoms with E-state index in [1.807, 2.05) is 12.4 Å². The van der Waals surface area contributed by atoms with E-state index in [2.05, 4.69) is 19.9 Å². The molecule has 6 nitrogen and oxygen atoms in total. The first-order chi connectivity index (χ1) is 10.3. The summed E-state index contributed by atoms with van der Waals surface area (Å²) in [6.07, 6.45) is 10.4. The number of oxazole rings is 1. The van der Waals surface area contributed by atoms with E-state index in [1.165, 1.54) is 12.7 Å². The van der Waals surface area contributed by atoms with Crippen molar-refractivity contribution >= 4 is 5.91 Å². The maximum absolute atomic E-state index is 12.2. The van der Waals surface area contributed by atoms with Crippen LogP contribution in [0.1, 0.15) is 53.8 Å². The maximum atomic E-state index is 12.2. The molecular weight excluding hydrogens is 268 g/mol. The van der Waals surface area contributed by atoms with Crippen LogP contribution < -0.4 is 5.32 Å². The van der Waals surface area contributed by atoms with E-state index in [-0.39, 0.29) is 11.9 Å². The maximum Gasteiger partial charge on any atom is 0.273 e. The number of hydrogen-bond donors (Lipinski definition) is 1. The van der Waals surface area contributed by atoms with Crippen LogP contribution in [-0.4, -0.2) is 26.5 Å². The second-order valence-corrected chi connectivity index (χ2v) is 5.90. The lowest BCUT2D eigenvalue weighted by molar-refractivity contribution is 0.0925. The van der Waals surface area contributed by atoms with E-state index in [4.69, 9.17) is 4.42 Å². The van der Waals surface area contributed by atoms with E-state index >= 15 is 0 Å². The summed E-state index contributed by atoms with van der Waals surface area (Å²) in [5.74, 6) is 2.01. The number of aromatic nitrogens is 3. The summed E-state index contributed by atoms with van der Waals surface area (Å²) < 4.78 is 7.57. The number of fused-ring (bicyclic) bond motifs is 1. The first-order valence-corrected chi connectivity index (χ1v) is 7.56. The molecule has 0 radical (unpaired) electrons. The smallest absolute Gasteiger partial charge is 0.273 e. The Balaban J connectivity index is 1.40. The molecule has 0 saturated heterocycles. The van der Waals surface area contributed by atoms with Crippen LogP contribution in [0.15, 0.2) is 23.1 Å². The predicted octanol–water partition coefficient (Wildman–Crippen LogP) is 1.88. The minimum absolute atomic E-state index is 0.122. The third-order valence-electron chi connectivity index (χ3n) is 4.49. The standard InChI is InChI=1S/C15H18N4O2/c20-14(12-9-21-15(18-12)10-2-1-3-10)17-11-4-6-19-7-5-16-13(19)8-11/h5,7,9-11H,1-4,6,8H2,(H,17,20). The highest BCUT2D eigenvalue weighted by molar-refractivity contribution is 5.92. The minimum atomic E-state index is -0.144. The Bertz CT molecular complexity index is 656. The summed E-state index contributed by atoms with van der Waals surface area (Å²) in [6, 6.07) is 0.122. The van der Waals surface area contributed by atoms with Gasteiger partial charge in [0.1, 0.15) is 12.1 Å². The number of amides is 1. The number of aryl methyl sites for hydroxylation is 1. The summed E-state index contributed by atoms with van der Waals surface area (Å²) in [7, 11) is 0. The van der Waals surface area contributed by atoms with Crippen LogP contribution in [0.25, 0.3) is 0 Å². The molecule has 1 aliphatic carbocycles. The van der Waals surface area contributed by atoms with E-state index in [0.717, 1.165) is 38.1 Å². The molecule has 0 spiro atoms.